The van der Waals surface area contributed by atoms with E-state index in [-0.39, 0.29) is 6.54 Å². The fourth-order valence-corrected chi connectivity index (χ4v) is 1.14. The molecule has 0 radical (unpaired) electrons. The van der Waals surface area contributed by atoms with Gasteiger partial charge < -0.3 is 5.32 Å². The Labute approximate surface area is 85.7 Å². The number of rotatable bonds is 3. The summed E-state index contributed by atoms with van der Waals surface area (Å²) in [6.07, 6.45) is 0.318. The molecule has 1 N–H and O–H groups in total. The molecule has 1 aromatic carbocycles. The molecule has 0 saturated heterocycles. The quantitative estimate of drug-likeness (QED) is 0.746. The van der Waals surface area contributed by atoms with E-state index in [1.807, 2.05) is 0 Å². The predicted molar refractivity (Wildman–Crippen MR) is 52.4 cm³/mol. The Hall–Kier alpha value is -1.10. The molecule has 0 unspecified atom stereocenters. The smallest absolute Gasteiger partial charge is 0.275 e. The topological polar surface area (TPSA) is 29.1 Å². The largest absolute Gasteiger partial charge is 0.347 e. The predicted octanol–water partition coefficient (Wildman–Crippen LogP) is 2.15. The average Bonchev–Trinajstić information content (AvgIpc) is 2.08. The van der Waals surface area contributed by atoms with Crippen molar-refractivity contribution in [2.24, 2.45) is 0 Å². The van der Waals surface area contributed by atoms with Crippen molar-refractivity contribution >= 4 is 17.9 Å². The third-order valence-corrected chi connectivity index (χ3v) is 1.84. The summed E-state index contributed by atoms with van der Waals surface area (Å²) >= 11 is 3.48. The zero-order valence-corrected chi connectivity index (χ0v) is 8.15. The van der Waals surface area contributed by atoms with Gasteiger partial charge in [0.25, 0.3) is 5.24 Å². The highest BCUT2D eigenvalue weighted by molar-refractivity contribution is 7.96. The van der Waals surface area contributed by atoms with Gasteiger partial charge in [-0.25, -0.2) is 8.78 Å². The Kier molecular flexibility index (Phi) is 3.88. The number of halogens is 2. The molecule has 5 heteroatoms. The highest BCUT2D eigenvalue weighted by atomic mass is 32.1. The monoisotopic (exact) mass is 217 g/mol. The molecular weight excluding hydrogens is 208 g/mol. The van der Waals surface area contributed by atoms with Crippen LogP contribution in [0.1, 0.15) is 5.56 Å². The fraction of sp³-hybridized carbons (Fsp3) is 0.222. The van der Waals surface area contributed by atoms with Gasteiger partial charge in [-0.1, -0.05) is 18.7 Å². The van der Waals surface area contributed by atoms with Gasteiger partial charge >= 0.3 is 0 Å². The minimum Gasteiger partial charge on any atom is -0.347 e. The van der Waals surface area contributed by atoms with Crippen LogP contribution in [0.2, 0.25) is 0 Å². The van der Waals surface area contributed by atoms with Crippen LogP contribution in [0.3, 0.4) is 0 Å². The summed E-state index contributed by atoms with van der Waals surface area (Å²) in [6.45, 7) is 0.283. The van der Waals surface area contributed by atoms with Crippen LogP contribution in [0.4, 0.5) is 13.6 Å². The van der Waals surface area contributed by atoms with Crippen LogP contribution in [-0.4, -0.2) is 11.8 Å². The van der Waals surface area contributed by atoms with Gasteiger partial charge in [-0.05, 0) is 18.1 Å². The summed E-state index contributed by atoms with van der Waals surface area (Å²) in [5, 5.41) is 1.94. The number of hydrogen-bond acceptors (Lipinski definition) is 1. The number of hydrogen-bond donors (Lipinski definition) is 2. The zero-order chi connectivity index (χ0) is 10.6. The van der Waals surface area contributed by atoms with Gasteiger partial charge in [0.2, 0.25) is 0 Å². The number of amides is 1. The standard InChI is InChI=1S/C9H9F2NOS/c10-7-2-1-6(8(11)5-7)3-4-12-9(13)14/h1-2,5H,3-4H2,(H2,12,13,14). The summed E-state index contributed by atoms with van der Waals surface area (Å²) in [6, 6.07) is 3.36. The van der Waals surface area contributed by atoms with Crippen LogP contribution in [0.15, 0.2) is 18.2 Å². The van der Waals surface area contributed by atoms with Gasteiger partial charge in [0.05, 0.1) is 0 Å². The lowest BCUT2D eigenvalue weighted by molar-refractivity contribution is 0.261. The fourth-order valence-electron chi connectivity index (χ4n) is 1.03. The molecule has 1 aromatic rings. The molecule has 0 heterocycles. The second-order valence-corrected chi connectivity index (χ2v) is 3.12. The average molecular weight is 217 g/mol. The normalized spacial score (nSPS) is 9.93. The molecule has 14 heavy (non-hydrogen) atoms. The second-order valence-electron chi connectivity index (χ2n) is 2.72. The van der Waals surface area contributed by atoms with Crippen molar-refractivity contribution in [1.29, 1.82) is 0 Å². The first-order valence-corrected chi connectivity index (χ1v) is 4.45. The Morgan fingerprint density at radius 2 is 2.14 bits per heavy atom. The number of thiol groups is 1. The van der Waals surface area contributed by atoms with Crippen LogP contribution in [0, 0.1) is 11.6 Å². The molecule has 0 aliphatic rings. The van der Waals surface area contributed by atoms with Gasteiger partial charge in [-0.3, -0.25) is 4.79 Å². The van der Waals surface area contributed by atoms with E-state index in [0.717, 1.165) is 6.07 Å². The van der Waals surface area contributed by atoms with E-state index in [1.54, 1.807) is 0 Å². The first kappa shape index (κ1) is 11.0. The number of nitrogens with one attached hydrogen (secondary N) is 1. The summed E-state index contributed by atoms with van der Waals surface area (Å²) in [5.41, 5.74) is 0.369. The molecule has 0 atom stereocenters. The maximum absolute atomic E-state index is 13.0. The molecular formula is C9H9F2NOS. The highest BCUT2D eigenvalue weighted by Crippen LogP contribution is 2.09. The first-order chi connectivity index (χ1) is 6.59. The Morgan fingerprint density at radius 1 is 1.43 bits per heavy atom. The molecule has 0 saturated carbocycles. The van der Waals surface area contributed by atoms with Crippen molar-refractivity contribution in [3.8, 4) is 0 Å². The maximum Gasteiger partial charge on any atom is 0.275 e. The Morgan fingerprint density at radius 3 is 2.71 bits per heavy atom. The van der Waals surface area contributed by atoms with Crippen LogP contribution in [0.5, 0.6) is 0 Å². The number of carbonyl (C=O) groups excluding carboxylic acids is 1. The highest BCUT2D eigenvalue weighted by Gasteiger charge is 2.03. The lowest BCUT2D eigenvalue weighted by Gasteiger charge is -2.03. The van der Waals surface area contributed by atoms with Gasteiger partial charge in [0.1, 0.15) is 11.6 Å². The number of carbonyl (C=O) groups is 1. The van der Waals surface area contributed by atoms with Crippen molar-refractivity contribution in [3.63, 3.8) is 0 Å². The van der Waals surface area contributed by atoms with E-state index in [4.69, 9.17) is 0 Å². The zero-order valence-electron chi connectivity index (χ0n) is 7.26. The molecule has 0 spiro atoms. The third kappa shape index (κ3) is 3.33. The van der Waals surface area contributed by atoms with Crippen LogP contribution in [-0.2, 0) is 6.42 Å². The minimum atomic E-state index is -0.607. The first-order valence-electron chi connectivity index (χ1n) is 4.00. The summed E-state index contributed by atoms with van der Waals surface area (Å²) < 4.78 is 25.5. The lowest BCUT2D eigenvalue weighted by atomic mass is 10.1. The third-order valence-electron chi connectivity index (χ3n) is 1.69. The van der Waals surface area contributed by atoms with E-state index >= 15 is 0 Å². The maximum atomic E-state index is 13.0. The van der Waals surface area contributed by atoms with Crippen LogP contribution in [0.25, 0.3) is 0 Å². The molecule has 0 aliphatic heterocycles. The summed E-state index contributed by atoms with van der Waals surface area (Å²) in [4.78, 5) is 10.4. The molecule has 1 rings (SSSR count). The molecule has 2 nitrogen and oxygen atoms in total. The lowest BCUT2D eigenvalue weighted by Crippen LogP contribution is -2.19. The Balaban J connectivity index is 2.55. The van der Waals surface area contributed by atoms with Gasteiger partial charge in [0, 0.05) is 12.6 Å². The second kappa shape index (κ2) is 4.95. The van der Waals surface area contributed by atoms with E-state index in [9.17, 15) is 13.6 Å². The Bertz CT molecular complexity index is 344. The molecule has 1 amide bonds. The van der Waals surface area contributed by atoms with E-state index in [0.29, 0.717) is 12.0 Å². The minimum absolute atomic E-state index is 0.283. The molecule has 0 aliphatic carbocycles. The van der Waals surface area contributed by atoms with Crippen LogP contribution >= 0.6 is 12.6 Å². The molecule has 0 aromatic heterocycles. The van der Waals surface area contributed by atoms with Crippen molar-refractivity contribution < 1.29 is 13.6 Å². The van der Waals surface area contributed by atoms with E-state index in [2.05, 4.69) is 17.9 Å². The van der Waals surface area contributed by atoms with Crippen molar-refractivity contribution in [2.75, 3.05) is 6.54 Å². The van der Waals surface area contributed by atoms with Gasteiger partial charge in [-0.2, -0.15) is 0 Å². The molecule has 76 valence electrons. The van der Waals surface area contributed by atoms with Crippen LogP contribution < -0.4 is 5.32 Å². The number of benzene rings is 1. The summed E-state index contributed by atoms with van der Waals surface area (Å²) in [7, 11) is 0. The summed E-state index contributed by atoms with van der Waals surface area (Å²) in [5.74, 6) is -1.21. The van der Waals surface area contributed by atoms with Gasteiger partial charge in [-0.15, -0.1) is 0 Å². The van der Waals surface area contributed by atoms with E-state index < -0.39 is 16.9 Å². The van der Waals surface area contributed by atoms with E-state index in [1.165, 1.54) is 12.1 Å². The van der Waals surface area contributed by atoms with Gasteiger partial charge in [0.15, 0.2) is 0 Å². The SMILES string of the molecule is O=C(S)NCCc1ccc(F)cc1F. The van der Waals surface area contributed by atoms with Crippen molar-refractivity contribution in [2.45, 2.75) is 6.42 Å². The van der Waals surface area contributed by atoms with Crippen molar-refractivity contribution in [1.82, 2.24) is 5.32 Å². The van der Waals surface area contributed by atoms with Crippen molar-refractivity contribution in [3.05, 3.63) is 35.4 Å². The molecule has 0 bridgehead atoms. The molecule has 0 fully saturated rings.